The van der Waals surface area contributed by atoms with Crippen LogP contribution in [0, 0.1) is 0 Å². The van der Waals surface area contributed by atoms with Crippen molar-refractivity contribution in [1.82, 2.24) is 0 Å². The average Bonchev–Trinajstić information content (AvgIpc) is 3.01. The van der Waals surface area contributed by atoms with E-state index >= 15 is 0 Å². The monoisotopic (exact) mass is 622 g/mol. The number of aliphatic hydroxyl groups is 6. The lowest BCUT2D eigenvalue weighted by atomic mass is 9.98. The number of methoxy groups -OCH3 is 2. The van der Waals surface area contributed by atoms with Crippen LogP contribution in [0.4, 0.5) is 0 Å². The predicted octanol–water partition coefficient (Wildman–Crippen LogP) is -0.787. The third-order valence-electron chi connectivity index (χ3n) is 7.64. The summed E-state index contributed by atoms with van der Waals surface area (Å²) in [6.07, 6.45) is -15.2. The summed E-state index contributed by atoms with van der Waals surface area (Å²) in [6, 6.07) is 9.13. The molecule has 0 amide bonds. The molecule has 2 aromatic carbocycles. The topological polar surface area (TPSA) is 227 Å². The summed E-state index contributed by atoms with van der Waals surface area (Å²) in [6.45, 7) is 0.947. The van der Waals surface area contributed by atoms with Crippen molar-refractivity contribution < 1.29 is 68.6 Å². The third-order valence-corrected chi connectivity index (χ3v) is 7.64. The Hall–Kier alpha value is -3.51. The lowest BCUT2D eigenvalue weighted by Gasteiger charge is -2.42. The van der Waals surface area contributed by atoms with Crippen molar-refractivity contribution in [3.63, 3.8) is 0 Å². The van der Waals surface area contributed by atoms with Crippen LogP contribution in [0.25, 0.3) is 22.3 Å². The van der Waals surface area contributed by atoms with Crippen LogP contribution in [-0.4, -0.2) is 118 Å². The van der Waals surface area contributed by atoms with Gasteiger partial charge < -0.3 is 68.6 Å². The van der Waals surface area contributed by atoms with Gasteiger partial charge in [-0.15, -0.1) is 0 Å². The average molecular weight is 623 g/mol. The van der Waals surface area contributed by atoms with Crippen LogP contribution in [-0.2, 0) is 14.2 Å². The number of hydrogen-bond acceptors (Lipinski definition) is 15. The fourth-order valence-electron chi connectivity index (χ4n) is 5.06. The van der Waals surface area contributed by atoms with Crippen LogP contribution in [0.2, 0.25) is 0 Å². The molecule has 15 heteroatoms. The first-order chi connectivity index (χ1) is 20.9. The van der Waals surface area contributed by atoms with Gasteiger partial charge in [-0.1, -0.05) is 0 Å². The van der Waals surface area contributed by atoms with Crippen LogP contribution < -0.4 is 19.6 Å². The van der Waals surface area contributed by atoms with Crippen LogP contribution in [0.15, 0.2) is 45.6 Å². The van der Waals surface area contributed by atoms with E-state index in [2.05, 4.69) is 0 Å². The molecule has 0 saturated carbocycles. The van der Waals surface area contributed by atoms with E-state index in [0.717, 1.165) is 0 Å². The number of ether oxygens (including phenoxy) is 6. The Morgan fingerprint density at radius 1 is 0.795 bits per heavy atom. The summed E-state index contributed by atoms with van der Waals surface area (Å²) in [5, 5.41) is 72.6. The van der Waals surface area contributed by atoms with Crippen molar-refractivity contribution in [2.45, 2.75) is 68.3 Å². The molecular formula is C29H34O15. The van der Waals surface area contributed by atoms with E-state index in [1.165, 1.54) is 33.3 Å². The van der Waals surface area contributed by atoms with Gasteiger partial charge in [-0.3, -0.25) is 4.79 Å². The summed E-state index contributed by atoms with van der Waals surface area (Å²) in [7, 11) is 2.72. The van der Waals surface area contributed by atoms with Crippen LogP contribution >= 0.6 is 0 Å². The minimum absolute atomic E-state index is 0.0966. The highest BCUT2D eigenvalue weighted by atomic mass is 16.7. The van der Waals surface area contributed by atoms with Gasteiger partial charge in [0.25, 0.3) is 0 Å². The third kappa shape index (κ3) is 5.93. The normalized spacial score (nSPS) is 32.4. The highest BCUT2D eigenvalue weighted by Gasteiger charge is 2.47. The summed E-state index contributed by atoms with van der Waals surface area (Å²) >= 11 is 0. The van der Waals surface area contributed by atoms with Crippen molar-refractivity contribution in [2.24, 2.45) is 0 Å². The summed E-state index contributed by atoms with van der Waals surface area (Å²) < 4.78 is 38.7. The number of benzene rings is 2. The zero-order valence-electron chi connectivity index (χ0n) is 23.8. The molecule has 0 aliphatic carbocycles. The van der Waals surface area contributed by atoms with Crippen molar-refractivity contribution in [2.75, 3.05) is 20.8 Å². The van der Waals surface area contributed by atoms with Gasteiger partial charge in [0.1, 0.15) is 65.2 Å². The van der Waals surface area contributed by atoms with Crippen molar-refractivity contribution in [3.8, 4) is 34.3 Å². The number of phenolic OH excluding ortho intramolecular Hbond substituents is 1. The first kappa shape index (κ1) is 31.9. The molecule has 3 aromatic rings. The lowest BCUT2D eigenvalue weighted by molar-refractivity contribution is -0.318. The number of aromatic hydroxyl groups is 1. The Kier molecular flexibility index (Phi) is 9.31. The number of fused-ring (bicyclic) bond motifs is 1. The minimum atomic E-state index is -1.81. The van der Waals surface area contributed by atoms with Gasteiger partial charge in [0.15, 0.2) is 23.2 Å². The van der Waals surface area contributed by atoms with E-state index in [1.807, 2.05) is 0 Å². The smallest absolute Gasteiger partial charge is 0.229 e. The zero-order chi connectivity index (χ0) is 31.9. The highest BCUT2D eigenvalue weighted by Crippen LogP contribution is 2.43. The minimum Gasteiger partial charge on any atom is -0.504 e. The zero-order valence-corrected chi connectivity index (χ0v) is 23.8. The maximum absolute atomic E-state index is 13.0. The quantitative estimate of drug-likeness (QED) is 0.163. The van der Waals surface area contributed by atoms with E-state index in [9.17, 15) is 40.5 Å². The maximum atomic E-state index is 13.0. The fourth-order valence-corrected chi connectivity index (χ4v) is 5.06. The van der Waals surface area contributed by atoms with E-state index in [1.54, 1.807) is 24.3 Å². The van der Waals surface area contributed by atoms with Gasteiger partial charge >= 0.3 is 0 Å². The Morgan fingerprint density at radius 2 is 1.45 bits per heavy atom. The molecule has 1 aromatic heterocycles. The molecule has 15 nitrogen and oxygen atoms in total. The first-order valence-corrected chi connectivity index (χ1v) is 13.6. The number of phenols is 1. The Balaban J connectivity index is 1.41. The molecular weight excluding hydrogens is 588 g/mol. The molecule has 2 saturated heterocycles. The second-order valence-corrected chi connectivity index (χ2v) is 10.5. The van der Waals surface area contributed by atoms with Crippen molar-refractivity contribution >= 4 is 11.0 Å². The molecule has 44 heavy (non-hydrogen) atoms. The van der Waals surface area contributed by atoms with E-state index < -0.39 is 79.2 Å². The molecule has 2 aliphatic heterocycles. The first-order valence-electron chi connectivity index (χ1n) is 13.6. The second kappa shape index (κ2) is 12.8. The van der Waals surface area contributed by atoms with Gasteiger partial charge in [-0.2, -0.15) is 0 Å². The van der Waals surface area contributed by atoms with Crippen molar-refractivity contribution in [1.29, 1.82) is 0 Å². The van der Waals surface area contributed by atoms with E-state index in [0.29, 0.717) is 11.3 Å². The van der Waals surface area contributed by atoms with Crippen molar-refractivity contribution in [3.05, 3.63) is 46.6 Å². The fraction of sp³-hybridized carbons (Fsp3) is 0.483. The summed E-state index contributed by atoms with van der Waals surface area (Å²) in [5.41, 5.74) is -0.138. The molecule has 10 atom stereocenters. The molecule has 0 unspecified atom stereocenters. The van der Waals surface area contributed by atoms with Gasteiger partial charge in [0, 0.05) is 17.7 Å². The van der Waals surface area contributed by atoms with Gasteiger partial charge in [-0.05, 0) is 31.2 Å². The molecule has 2 aliphatic rings. The molecule has 0 bridgehead atoms. The number of aliphatic hydroxyl groups excluding tert-OH is 6. The SMILES string of the molecule is COc1ccc(-c2cc(=O)c3c(O)c(OC)c(O[C@@H]4O[C@@H](CO[C@@H]5O[C@@H](C)[C@H](O)[C@H](O)[C@H]5O)[C@@H](O)[C@H](O)[C@@H]4O)cc3o2)cc1. The highest BCUT2D eigenvalue weighted by molar-refractivity contribution is 5.89. The second-order valence-electron chi connectivity index (χ2n) is 10.5. The Bertz CT molecular complexity index is 1510. The largest absolute Gasteiger partial charge is 0.504 e. The number of rotatable bonds is 8. The van der Waals surface area contributed by atoms with E-state index in [-0.39, 0.29) is 28.2 Å². The van der Waals surface area contributed by atoms with Crippen LogP contribution in [0.3, 0.4) is 0 Å². The molecule has 0 radical (unpaired) electrons. The lowest BCUT2D eigenvalue weighted by Crippen LogP contribution is -2.61. The Morgan fingerprint density at radius 3 is 2.11 bits per heavy atom. The standard InChI is InChI=1S/C29H34O15/c1-11-20(31)23(34)25(36)28(41-11)40-10-18-21(32)24(35)26(37)29(44-18)43-17-9-16-19(22(33)27(17)39-3)14(30)8-15(42-16)12-4-6-13(38-2)7-5-12/h4-9,11,18,20-21,23-26,28-29,31-37H,10H2,1-3H3/t11-,18-,20-,21+,23-,24-,25+,26-,28+,29+/m0/s1. The van der Waals surface area contributed by atoms with Crippen LogP contribution in [0.5, 0.6) is 23.0 Å². The Labute approximate surface area is 249 Å². The van der Waals surface area contributed by atoms with Gasteiger partial charge in [-0.25, -0.2) is 0 Å². The molecule has 7 N–H and O–H groups in total. The molecule has 240 valence electrons. The predicted molar refractivity (Wildman–Crippen MR) is 148 cm³/mol. The van der Waals surface area contributed by atoms with Gasteiger partial charge in [0.2, 0.25) is 12.0 Å². The molecule has 3 heterocycles. The molecule has 0 spiro atoms. The summed E-state index contributed by atoms with van der Waals surface area (Å²) in [5.74, 6) is -0.391. The molecule has 5 rings (SSSR count). The maximum Gasteiger partial charge on any atom is 0.229 e. The summed E-state index contributed by atoms with van der Waals surface area (Å²) in [4.78, 5) is 13.0. The van der Waals surface area contributed by atoms with Crippen LogP contribution in [0.1, 0.15) is 6.92 Å². The number of hydrogen-bond donors (Lipinski definition) is 7. The molecule has 2 fully saturated rings. The van der Waals surface area contributed by atoms with Gasteiger partial charge in [0.05, 0.1) is 26.9 Å². The van der Waals surface area contributed by atoms with E-state index in [4.69, 9.17) is 32.8 Å².